The third-order valence-electron chi connectivity index (χ3n) is 1.69. The smallest absolute Gasteiger partial charge is 0.348 e. The first-order chi connectivity index (χ1) is 8.43. The van der Waals surface area contributed by atoms with Crippen molar-refractivity contribution in [3.63, 3.8) is 0 Å². The van der Waals surface area contributed by atoms with Gasteiger partial charge in [-0.2, -0.15) is 0 Å². The Morgan fingerprint density at radius 1 is 1.06 bits per heavy atom. The number of hydrogen-bond acceptors (Lipinski definition) is 4. The van der Waals surface area contributed by atoms with E-state index in [1.807, 2.05) is 0 Å². The monoisotopic (exact) mass is 264 g/mol. The van der Waals surface area contributed by atoms with Crippen LogP contribution in [0.25, 0.3) is 0 Å². The van der Waals surface area contributed by atoms with Crippen molar-refractivity contribution in [1.82, 2.24) is 0 Å². The van der Waals surface area contributed by atoms with Crippen LogP contribution < -0.4 is 0 Å². The van der Waals surface area contributed by atoms with E-state index in [9.17, 15) is 18.9 Å². The van der Waals surface area contributed by atoms with Crippen molar-refractivity contribution >= 4 is 17.9 Å². The SMILES string of the molecule is CCCCCCC(=O)OF.O=C(O)/C=C/C(=O)O. The molecule has 0 spiro atoms. The van der Waals surface area contributed by atoms with Crippen LogP contribution in [0, 0.1) is 0 Å². The summed E-state index contributed by atoms with van der Waals surface area (Å²) in [4.78, 5) is 32.3. The highest BCUT2D eigenvalue weighted by atomic mass is 19.3. The van der Waals surface area contributed by atoms with Crippen molar-refractivity contribution in [3.05, 3.63) is 12.2 Å². The van der Waals surface area contributed by atoms with Gasteiger partial charge in [0, 0.05) is 23.1 Å². The summed E-state index contributed by atoms with van der Waals surface area (Å²) < 4.78 is 11.0. The number of hydrogen-bond donors (Lipinski definition) is 2. The molecule has 0 fully saturated rings. The maximum absolute atomic E-state index is 11.0. The zero-order chi connectivity index (χ0) is 14.4. The van der Waals surface area contributed by atoms with Gasteiger partial charge in [-0.3, -0.25) is 4.94 Å². The number of rotatable bonds is 7. The lowest BCUT2D eigenvalue weighted by molar-refractivity contribution is -0.183. The number of unbranched alkanes of at least 4 members (excludes halogenated alkanes) is 3. The van der Waals surface area contributed by atoms with E-state index in [1.54, 1.807) is 0 Å². The number of carbonyl (C=O) groups excluding carboxylic acids is 1. The van der Waals surface area contributed by atoms with E-state index in [2.05, 4.69) is 11.9 Å². The Bertz CT molecular complexity index is 271. The molecule has 0 heterocycles. The van der Waals surface area contributed by atoms with E-state index in [0.717, 1.165) is 25.7 Å². The minimum atomic E-state index is -1.26. The van der Waals surface area contributed by atoms with Crippen molar-refractivity contribution in [3.8, 4) is 0 Å². The van der Waals surface area contributed by atoms with Gasteiger partial charge in [0.2, 0.25) is 0 Å². The average Bonchev–Trinajstić information content (AvgIpc) is 2.32. The largest absolute Gasteiger partial charge is 0.478 e. The Morgan fingerprint density at radius 2 is 1.56 bits per heavy atom. The molecule has 0 unspecified atom stereocenters. The molecule has 0 atom stereocenters. The number of carboxylic acid groups (broad SMARTS) is 2. The van der Waals surface area contributed by atoms with Gasteiger partial charge in [0.15, 0.2) is 0 Å². The van der Waals surface area contributed by atoms with Gasteiger partial charge in [0.25, 0.3) is 0 Å². The standard InChI is InChI=1S/C7H13FO2.C4H4O4/c1-2-3-4-5-6-7(9)10-8;5-3(6)1-2-4(7)8/h2-6H2,1H3;1-2H,(H,5,6)(H,7,8)/b;2-1+. The topological polar surface area (TPSA) is 101 Å². The van der Waals surface area contributed by atoms with Gasteiger partial charge in [-0.05, 0) is 6.42 Å². The number of halogens is 1. The highest BCUT2D eigenvalue weighted by Gasteiger charge is 2.00. The van der Waals surface area contributed by atoms with Crippen LogP contribution in [0.5, 0.6) is 0 Å². The molecule has 0 bridgehead atoms. The van der Waals surface area contributed by atoms with Gasteiger partial charge >= 0.3 is 17.9 Å². The van der Waals surface area contributed by atoms with Crippen LogP contribution in [0.1, 0.15) is 39.0 Å². The van der Waals surface area contributed by atoms with Crippen LogP contribution in [0.15, 0.2) is 12.2 Å². The van der Waals surface area contributed by atoms with Crippen LogP contribution in [0.3, 0.4) is 0 Å². The summed E-state index contributed by atoms with van der Waals surface area (Å²) in [5, 5.41) is 15.6. The van der Waals surface area contributed by atoms with Gasteiger partial charge in [0.1, 0.15) is 0 Å². The van der Waals surface area contributed by atoms with Crippen LogP contribution in [-0.4, -0.2) is 28.1 Å². The summed E-state index contributed by atoms with van der Waals surface area (Å²) in [6.07, 6.45) is 5.24. The Hall–Kier alpha value is -1.92. The van der Waals surface area contributed by atoms with Crippen molar-refractivity contribution < 1.29 is 34.1 Å². The normalized spacial score (nSPS) is 9.44. The summed E-state index contributed by atoms with van der Waals surface area (Å²) in [6.45, 7) is 2.08. The summed E-state index contributed by atoms with van der Waals surface area (Å²) in [5.74, 6) is -3.27. The second-order valence-corrected chi connectivity index (χ2v) is 3.27. The third kappa shape index (κ3) is 19.6. The molecular formula is C11H17FO6. The minimum absolute atomic E-state index is 0.205. The van der Waals surface area contributed by atoms with E-state index < -0.39 is 17.9 Å². The molecule has 0 radical (unpaired) electrons. The second kappa shape index (κ2) is 13.1. The lowest BCUT2D eigenvalue weighted by Crippen LogP contribution is -1.96. The molecule has 0 rings (SSSR count). The van der Waals surface area contributed by atoms with E-state index in [0.29, 0.717) is 12.2 Å². The Morgan fingerprint density at radius 3 is 1.89 bits per heavy atom. The zero-order valence-electron chi connectivity index (χ0n) is 10.1. The summed E-state index contributed by atoms with van der Waals surface area (Å²) in [5.41, 5.74) is 0. The Labute approximate surface area is 104 Å². The predicted octanol–water partition coefficient (Wildman–Crippen LogP) is 2.10. The molecule has 0 aliphatic heterocycles. The van der Waals surface area contributed by atoms with Gasteiger partial charge in [-0.1, -0.05) is 26.2 Å². The van der Waals surface area contributed by atoms with E-state index in [4.69, 9.17) is 10.2 Å². The molecule has 6 nitrogen and oxygen atoms in total. The van der Waals surface area contributed by atoms with Crippen molar-refractivity contribution in [2.24, 2.45) is 0 Å². The molecular weight excluding hydrogens is 247 g/mol. The molecule has 2 N–H and O–H groups in total. The zero-order valence-corrected chi connectivity index (χ0v) is 10.1. The van der Waals surface area contributed by atoms with Gasteiger partial charge < -0.3 is 10.2 Å². The lowest BCUT2D eigenvalue weighted by Gasteiger charge is -1.94. The Kier molecular flexibility index (Phi) is 13.5. The maximum Gasteiger partial charge on any atom is 0.348 e. The molecule has 18 heavy (non-hydrogen) atoms. The molecule has 0 aliphatic carbocycles. The minimum Gasteiger partial charge on any atom is -0.478 e. The second-order valence-electron chi connectivity index (χ2n) is 3.27. The molecule has 0 saturated heterocycles. The van der Waals surface area contributed by atoms with Crippen LogP contribution in [-0.2, 0) is 19.3 Å². The van der Waals surface area contributed by atoms with Crippen LogP contribution in [0.4, 0.5) is 4.53 Å². The first-order valence-electron chi connectivity index (χ1n) is 5.39. The fraction of sp³-hybridized carbons (Fsp3) is 0.545. The highest BCUT2D eigenvalue weighted by Crippen LogP contribution is 2.03. The molecule has 0 saturated carbocycles. The molecule has 0 aliphatic rings. The highest BCUT2D eigenvalue weighted by molar-refractivity contribution is 5.89. The van der Waals surface area contributed by atoms with Crippen molar-refractivity contribution in [2.45, 2.75) is 39.0 Å². The van der Waals surface area contributed by atoms with Gasteiger partial charge in [0.05, 0.1) is 0 Å². The molecule has 0 aromatic carbocycles. The van der Waals surface area contributed by atoms with E-state index >= 15 is 0 Å². The van der Waals surface area contributed by atoms with Gasteiger partial charge in [-0.25, -0.2) is 14.4 Å². The quantitative estimate of drug-likeness (QED) is 0.539. The lowest BCUT2D eigenvalue weighted by atomic mass is 10.2. The summed E-state index contributed by atoms with van der Waals surface area (Å²) in [6, 6.07) is 0. The fourth-order valence-corrected chi connectivity index (χ4v) is 0.877. The van der Waals surface area contributed by atoms with E-state index in [1.165, 1.54) is 0 Å². The van der Waals surface area contributed by atoms with Crippen LogP contribution >= 0.6 is 0 Å². The number of aliphatic carboxylic acids is 2. The molecule has 0 aromatic heterocycles. The summed E-state index contributed by atoms with van der Waals surface area (Å²) in [7, 11) is 0. The molecule has 0 amide bonds. The molecule has 0 aromatic rings. The average molecular weight is 264 g/mol. The first kappa shape index (κ1) is 18.4. The predicted molar refractivity (Wildman–Crippen MR) is 60.4 cm³/mol. The van der Waals surface area contributed by atoms with Crippen LogP contribution in [0.2, 0.25) is 0 Å². The number of carboxylic acids is 2. The first-order valence-corrected chi connectivity index (χ1v) is 5.39. The van der Waals surface area contributed by atoms with Crippen molar-refractivity contribution in [1.29, 1.82) is 0 Å². The Balaban J connectivity index is 0. The molecule has 104 valence electrons. The van der Waals surface area contributed by atoms with E-state index in [-0.39, 0.29) is 6.42 Å². The van der Waals surface area contributed by atoms with Gasteiger partial charge in [-0.15, -0.1) is 0 Å². The fourth-order valence-electron chi connectivity index (χ4n) is 0.877. The number of carbonyl (C=O) groups is 3. The van der Waals surface area contributed by atoms with Crippen molar-refractivity contribution in [2.75, 3.05) is 0 Å². The summed E-state index contributed by atoms with van der Waals surface area (Å²) >= 11 is 0. The molecule has 7 heteroatoms. The maximum atomic E-state index is 11.0. The third-order valence-corrected chi connectivity index (χ3v) is 1.69.